The first-order valence-electron chi connectivity index (χ1n) is 8.79. The minimum absolute atomic E-state index is 0.160. The maximum absolute atomic E-state index is 14.1. The van der Waals surface area contributed by atoms with Gasteiger partial charge in [0.2, 0.25) is 5.91 Å². The number of benzene rings is 3. The zero-order valence-corrected chi connectivity index (χ0v) is 15.1. The Hall–Kier alpha value is -3.67. The van der Waals surface area contributed by atoms with E-state index in [9.17, 15) is 14.0 Å². The molecule has 0 heterocycles. The molecule has 6 heteroatoms. The Bertz CT molecular complexity index is 976. The van der Waals surface area contributed by atoms with Gasteiger partial charge in [-0.3, -0.25) is 4.79 Å². The lowest BCUT2D eigenvalue weighted by molar-refractivity contribution is -0.116. The molecule has 0 saturated heterocycles. The zero-order chi connectivity index (χ0) is 19.9. The van der Waals surface area contributed by atoms with Crippen molar-refractivity contribution in [3.05, 3.63) is 90.2 Å². The van der Waals surface area contributed by atoms with E-state index in [1.165, 1.54) is 18.2 Å². The van der Waals surface area contributed by atoms with E-state index in [0.29, 0.717) is 5.69 Å². The summed E-state index contributed by atoms with van der Waals surface area (Å²) >= 11 is 0. The van der Waals surface area contributed by atoms with Gasteiger partial charge in [-0.2, -0.15) is 0 Å². The van der Waals surface area contributed by atoms with Crippen LogP contribution in [-0.4, -0.2) is 11.9 Å². The zero-order valence-electron chi connectivity index (χ0n) is 15.1. The van der Waals surface area contributed by atoms with E-state index in [4.69, 9.17) is 5.73 Å². The van der Waals surface area contributed by atoms with E-state index < -0.39 is 17.9 Å². The van der Waals surface area contributed by atoms with Gasteiger partial charge in [0.05, 0.1) is 12.5 Å². The number of nitrogens with two attached hydrogens (primary N) is 1. The van der Waals surface area contributed by atoms with Crippen molar-refractivity contribution in [3.63, 3.8) is 0 Å². The van der Waals surface area contributed by atoms with E-state index in [1.54, 1.807) is 12.1 Å². The molecule has 0 bridgehead atoms. The Morgan fingerprint density at radius 3 is 2.25 bits per heavy atom. The molecule has 0 aliphatic carbocycles. The summed E-state index contributed by atoms with van der Waals surface area (Å²) in [7, 11) is 0. The normalized spacial score (nSPS) is 11.5. The van der Waals surface area contributed by atoms with Crippen LogP contribution < -0.4 is 16.4 Å². The first-order valence-corrected chi connectivity index (χ1v) is 8.79. The van der Waals surface area contributed by atoms with Crippen LogP contribution in [0.2, 0.25) is 0 Å². The van der Waals surface area contributed by atoms with Crippen molar-refractivity contribution in [3.8, 4) is 11.1 Å². The molecule has 0 aliphatic rings. The van der Waals surface area contributed by atoms with E-state index in [0.717, 1.165) is 11.1 Å². The average Bonchev–Trinajstić information content (AvgIpc) is 2.68. The summed E-state index contributed by atoms with van der Waals surface area (Å²) in [6.45, 7) is 0. The standard InChI is InChI=1S/C22H20FN3O2/c23-18-12-6-4-11-17(18)20(26-22(24)28)14-21(27)25-19-13-7-5-10-16(19)15-8-2-1-3-9-15/h1-13,20H,14H2,(H,25,27)(H3,24,26,28)/t20-/m1/s1. The lowest BCUT2D eigenvalue weighted by Crippen LogP contribution is -2.35. The molecule has 1 atom stereocenters. The minimum atomic E-state index is -0.873. The number of urea groups is 1. The first kappa shape index (κ1) is 19.1. The highest BCUT2D eigenvalue weighted by Gasteiger charge is 2.21. The lowest BCUT2D eigenvalue weighted by atomic mass is 10.0. The Morgan fingerprint density at radius 2 is 1.54 bits per heavy atom. The number of amides is 3. The first-order chi connectivity index (χ1) is 13.5. The SMILES string of the molecule is NC(=O)N[C@H](CC(=O)Nc1ccccc1-c1ccccc1)c1ccccc1F. The summed E-state index contributed by atoms with van der Waals surface area (Å²) in [6.07, 6.45) is -0.160. The van der Waals surface area contributed by atoms with E-state index in [-0.39, 0.29) is 17.9 Å². The molecule has 3 rings (SSSR count). The second-order valence-electron chi connectivity index (χ2n) is 6.25. The maximum Gasteiger partial charge on any atom is 0.312 e. The van der Waals surface area contributed by atoms with E-state index in [1.807, 2.05) is 48.5 Å². The number of carbonyl (C=O) groups is 2. The summed E-state index contributed by atoms with van der Waals surface area (Å²) in [4.78, 5) is 24.0. The minimum Gasteiger partial charge on any atom is -0.352 e. The summed E-state index contributed by atoms with van der Waals surface area (Å²) in [5.41, 5.74) is 7.86. The van der Waals surface area contributed by atoms with Crippen LogP contribution in [0.4, 0.5) is 14.9 Å². The molecule has 0 fully saturated rings. The fourth-order valence-corrected chi connectivity index (χ4v) is 3.02. The number of carbonyl (C=O) groups excluding carboxylic acids is 2. The van der Waals surface area contributed by atoms with Gasteiger partial charge >= 0.3 is 6.03 Å². The van der Waals surface area contributed by atoms with Crippen LogP contribution in [0, 0.1) is 5.82 Å². The van der Waals surface area contributed by atoms with Crippen molar-refractivity contribution in [1.29, 1.82) is 0 Å². The lowest BCUT2D eigenvalue weighted by Gasteiger charge is -2.19. The van der Waals surface area contributed by atoms with Gasteiger partial charge in [0, 0.05) is 16.8 Å². The Labute approximate surface area is 162 Å². The second-order valence-corrected chi connectivity index (χ2v) is 6.25. The van der Waals surface area contributed by atoms with Crippen LogP contribution in [-0.2, 0) is 4.79 Å². The maximum atomic E-state index is 14.1. The predicted octanol–water partition coefficient (Wildman–Crippen LogP) is 4.23. The van der Waals surface area contributed by atoms with Gasteiger partial charge in [0.25, 0.3) is 0 Å². The van der Waals surface area contributed by atoms with Gasteiger partial charge in [0.15, 0.2) is 0 Å². The fourth-order valence-electron chi connectivity index (χ4n) is 3.02. The second kappa shape index (κ2) is 8.81. The Morgan fingerprint density at radius 1 is 0.893 bits per heavy atom. The molecule has 4 N–H and O–H groups in total. The highest BCUT2D eigenvalue weighted by molar-refractivity contribution is 5.96. The topological polar surface area (TPSA) is 84.2 Å². The molecule has 0 radical (unpaired) electrons. The van der Waals surface area contributed by atoms with Gasteiger partial charge in [-0.25, -0.2) is 9.18 Å². The van der Waals surface area contributed by atoms with Crippen molar-refractivity contribution in [2.75, 3.05) is 5.32 Å². The molecule has 0 saturated carbocycles. The number of rotatable bonds is 6. The third-order valence-corrected chi connectivity index (χ3v) is 4.27. The van der Waals surface area contributed by atoms with Gasteiger partial charge in [-0.15, -0.1) is 0 Å². The van der Waals surface area contributed by atoms with Gasteiger partial charge in [-0.05, 0) is 17.7 Å². The molecule has 0 unspecified atom stereocenters. The third-order valence-electron chi connectivity index (χ3n) is 4.27. The van der Waals surface area contributed by atoms with Crippen molar-refractivity contribution >= 4 is 17.6 Å². The fraction of sp³-hybridized carbons (Fsp3) is 0.0909. The van der Waals surface area contributed by atoms with Gasteiger partial charge in [0.1, 0.15) is 5.82 Å². The van der Waals surface area contributed by atoms with Crippen LogP contribution >= 0.6 is 0 Å². The van der Waals surface area contributed by atoms with Crippen molar-refractivity contribution in [1.82, 2.24) is 5.32 Å². The predicted molar refractivity (Wildman–Crippen MR) is 107 cm³/mol. The number of halogens is 1. The third kappa shape index (κ3) is 4.73. The van der Waals surface area contributed by atoms with Crippen LogP contribution in [0.15, 0.2) is 78.9 Å². The number of primary amides is 1. The number of hydrogen-bond donors (Lipinski definition) is 3. The summed E-state index contributed by atoms with van der Waals surface area (Å²) < 4.78 is 14.1. The monoisotopic (exact) mass is 377 g/mol. The smallest absolute Gasteiger partial charge is 0.312 e. The van der Waals surface area contributed by atoms with Gasteiger partial charge < -0.3 is 16.4 Å². The molecular formula is C22H20FN3O2. The van der Waals surface area contributed by atoms with Gasteiger partial charge in [-0.1, -0.05) is 66.7 Å². The molecule has 0 aromatic heterocycles. The van der Waals surface area contributed by atoms with E-state index in [2.05, 4.69) is 10.6 Å². The molecule has 0 spiro atoms. The molecule has 142 valence electrons. The average molecular weight is 377 g/mol. The molecule has 3 aromatic rings. The quantitative estimate of drug-likeness (QED) is 0.601. The summed E-state index contributed by atoms with van der Waals surface area (Å²) in [6, 6.07) is 21.3. The largest absolute Gasteiger partial charge is 0.352 e. The summed E-state index contributed by atoms with van der Waals surface area (Å²) in [5, 5.41) is 5.29. The number of para-hydroxylation sites is 1. The highest BCUT2D eigenvalue weighted by Crippen LogP contribution is 2.28. The van der Waals surface area contributed by atoms with Crippen LogP contribution in [0.3, 0.4) is 0 Å². The van der Waals surface area contributed by atoms with Crippen molar-refractivity contribution in [2.24, 2.45) is 5.73 Å². The highest BCUT2D eigenvalue weighted by atomic mass is 19.1. The Balaban J connectivity index is 1.81. The number of nitrogens with one attached hydrogen (secondary N) is 2. The molecule has 28 heavy (non-hydrogen) atoms. The van der Waals surface area contributed by atoms with E-state index >= 15 is 0 Å². The van der Waals surface area contributed by atoms with Crippen LogP contribution in [0.25, 0.3) is 11.1 Å². The molecular weight excluding hydrogens is 357 g/mol. The molecule has 3 aromatic carbocycles. The van der Waals surface area contributed by atoms with Crippen molar-refractivity contribution in [2.45, 2.75) is 12.5 Å². The summed E-state index contributed by atoms with van der Waals surface area (Å²) in [5.74, 6) is -0.885. The molecule has 0 aliphatic heterocycles. The molecule has 5 nitrogen and oxygen atoms in total. The van der Waals surface area contributed by atoms with Crippen molar-refractivity contribution < 1.29 is 14.0 Å². The van der Waals surface area contributed by atoms with Crippen LogP contribution in [0.1, 0.15) is 18.0 Å². The van der Waals surface area contributed by atoms with Crippen LogP contribution in [0.5, 0.6) is 0 Å². The Kier molecular flexibility index (Phi) is 6.01. The number of hydrogen-bond acceptors (Lipinski definition) is 2. The number of anilines is 1. The molecule has 3 amide bonds.